The largest absolute Gasteiger partial charge is 0.466 e. The molecule has 0 saturated heterocycles. The van der Waals surface area contributed by atoms with Crippen molar-refractivity contribution < 1.29 is 14.3 Å². The van der Waals surface area contributed by atoms with E-state index in [4.69, 9.17) is 16.3 Å². The summed E-state index contributed by atoms with van der Waals surface area (Å²) in [6.45, 7) is 2.08. The predicted molar refractivity (Wildman–Crippen MR) is 112 cm³/mol. The molecule has 2 aliphatic rings. The summed E-state index contributed by atoms with van der Waals surface area (Å²) in [7, 11) is 0. The molecule has 28 heavy (non-hydrogen) atoms. The van der Waals surface area contributed by atoms with Crippen LogP contribution in [0.3, 0.4) is 0 Å². The summed E-state index contributed by atoms with van der Waals surface area (Å²) in [6.07, 6.45) is 11.6. The SMILES string of the molecule is CCOC(=O)Cc1nc(NC(=O)N(C2CCCCC2)C2CCCCC2)sc1Cl. The van der Waals surface area contributed by atoms with Crippen LogP contribution in [0, 0.1) is 0 Å². The smallest absolute Gasteiger partial charge is 0.324 e. The van der Waals surface area contributed by atoms with Crippen molar-refractivity contribution in [2.24, 2.45) is 0 Å². The summed E-state index contributed by atoms with van der Waals surface area (Å²) in [5, 5.41) is 3.41. The van der Waals surface area contributed by atoms with Crippen LogP contribution in [-0.2, 0) is 16.0 Å². The average molecular weight is 428 g/mol. The number of thiazole rings is 1. The molecule has 0 atom stereocenters. The summed E-state index contributed by atoms with van der Waals surface area (Å²) in [4.78, 5) is 31.4. The first-order chi connectivity index (χ1) is 13.6. The van der Waals surface area contributed by atoms with Crippen molar-refractivity contribution in [2.75, 3.05) is 11.9 Å². The summed E-state index contributed by atoms with van der Waals surface area (Å²) >= 11 is 7.43. The van der Waals surface area contributed by atoms with Crippen molar-refractivity contribution in [3.8, 4) is 0 Å². The Bertz CT molecular complexity index is 652. The van der Waals surface area contributed by atoms with Crippen molar-refractivity contribution >= 4 is 40.1 Å². The van der Waals surface area contributed by atoms with Crippen LogP contribution in [0.1, 0.15) is 76.8 Å². The first-order valence-corrected chi connectivity index (χ1v) is 11.7. The normalized spacial score (nSPS) is 18.6. The van der Waals surface area contributed by atoms with E-state index in [1.165, 1.54) is 49.9 Å². The molecule has 0 bridgehead atoms. The Morgan fingerprint density at radius 3 is 2.21 bits per heavy atom. The van der Waals surface area contributed by atoms with E-state index in [9.17, 15) is 9.59 Å². The van der Waals surface area contributed by atoms with Crippen molar-refractivity contribution in [3.05, 3.63) is 10.0 Å². The molecule has 0 aliphatic heterocycles. The van der Waals surface area contributed by atoms with Gasteiger partial charge in [-0.05, 0) is 32.6 Å². The molecule has 1 aromatic heterocycles. The highest BCUT2D eigenvalue weighted by molar-refractivity contribution is 7.19. The van der Waals surface area contributed by atoms with E-state index in [2.05, 4.69) is 15.2 Å². The highest BCUT2D eigenvalue weighted by Gasteiger charge is 2.33. The third-order valence-corrected chi connectivity index (χ3v) is 6.90. The minimum Gasteiger partial charge on any atom is -0.466 e. The zero-order valence-electron chi connectivity index (χ0n) is 16.5. The van der Waals surface area contributed by atoms with Crippen LogP contribution in [0.5, 0.6) is 0 Å². The van der Waals surface area contributed by atoms with Crippen molar-refractivity contribution in [1.82, 2.24) is 9.88 Å². The fourth-order valence-electron chi connectivity index (χ4n) is 4.35. The van der Waals surface area contributed by atoms with Crippen molar-refractivity contribution in [1.29, 1.82) is 0 Å². The number of esters is 1. The molecule has 8 heteroatoms. The van der Waals surface area contributed by atoms with Crippen LogP contribution in [0.15, 0.2) is 0 Å². The number of halogens is 1. The first kappa shape index (κ1) is 21.4. The number of nitrogens with zero attached hydrogens (tertiary/aromatic N) is 2. The Morgan fingerprint density at radius 2 is 1.68 bits per heavy atom. The number of hydrogen-bond donors (Lipinski definition) is 1. The number of amides is 2. The maximum absolute atomic E-state index is 13.2. The second-order valence-electron chi connectivity index (χ2n) is 7.64. The van der Waals surface area contributed by atoms with Crippen LogP contribution >= 0.6 is 22.9 Å². The van der Waals surface area contributed by atoms with E-state index >= 15 is 0 Å². The van der Waals surface area contributed by atoms with Gasteiger partial charge >= 0.3 is 12.0 Å². The van der Waals surface area contributed by atoms with Gasteiger partial charge in [0.25, 0.3) is 0 Å². The van der Waals surface area contributed by atoms with Crippen LogP contribution in [0.4, 0.5) is 9.93 Å². The number of nitrogens with one attached hydrogen (secondary N) is 1. The standard InChI is InChI=1S/C20H30ClN3O3S/c1-2-27-17(25)13-16-18(21)28-19(22-16)23-20(26)24(14-9-5-3-6-10-14)15-11-7-4-8-12-15/h14-15H,2-13H2,1H3,(H,22,23,26). The summed E-state index contributed by atoms with van der Waals surface area (Å²) in [5.41, 5.74) is 0.460. The van der Waals surface area contributed by atoms with Crippen molar-refractivity contribution in [3.63, 3.8) is 0 Å². The summed E-state index contributed by atoms with van der Waals surface area (Å²) < 4.78 is 5.38. The highest BCUT2D eigenvalue weighted by Crippen LogP contribution is 2.32. The third kappa shape index (κ3) is 5.60. The maximum atomic E-state index is 13.2. The van der Waals surface area contributed by atoms with E-state index < -0.39 is 0 Å². The molecule has 3 rings (SSSR count). The molecule has 0 unspecified atom stereocenters. The second-order valence-corrected chi connectivity index (χ2v) is 9.24. The number of urea groups is 1. The lowest BCUT2D eigenvalue weighted by atomic mass is 9.89. The van der Waals surface area contributed by atoms with Crippen LogP contribution in [-0.4, -0.2) is 40.6 Å². The number of hydrogen-bond acceptors (Lipinski definition) is 5. The van der Waals surface area contributed by atoms with Crippen LogP contribution < -0.4 is 5.32 Å². The molecule has 2 amide bonds. The third-order valence-electron chi connectivity index (χ3n) is 5.65. The molecular formula is C20H30ClN3O3S. The number of ether oxygens (including phenoxy) is 1. The highest BCUT2D eigenvalue weighted by atomic mass is 35.5. The van der Waals surface area contributed by atoms with Crippen LogP contribution in [0.25, 0.3) is 0 Å². The van der Waals surface area contributed by atoms with E-state index in [0.29, 0.717) is 33.9 Å². The number of carbonyl (C=O) groups is 2. The van der Waals surface area contributed by atoms with Gasteiger partial charge < -0.3 is 9.64 Å². The Labute approximate surface area is 176 Å². The van der Waals surface area contributed by atoms with Gasteiger partial charge in [0.05, 0.1) is 18.7 Å². The van der Waals surface area contributed by atoms with E-state index in [1.54, 1.807) is 6.92 Å². The van der Waals surface area contributed by atoms with Gasteiger partial charge in [0.1, 0.15) is 4.34 Å². The minimum absolute atomic E-state index is 0.0218. The van der Waals surface area contributed by atoms with Crippen molar-refractivity contribution in [2.45, 2.75) is 89.6 Å². The molecule has 1 heterocycles. The average Bonchev–Trinajstić information content (AvgIpc) is 3.02. The number of rotatable bonds is 6. The lowest BCUT2D eigenvalue weighted by Crippen LogP contribution is -2.50. The zero-order chi connectivity index (χ0) is 19.9. The Hall–Kier alpha value is -1.34. The predicted octanol–water partition coefficient (Wildman–Crippen LogP) is 5.40. The molecule has 2 fully saturated rings. The molecule has 1 N–H and O–H groups in total. The molecule has 2 saturated carbocycles. The molecule has 0 aromatic carbocycles. The summed E-state index contributed by atoms with van der Waals surface area (Å²) in [6, 6.07) is 0.546. The zero-order valence-corrected chi connectivity index (χ0v) is 18.1. The van der Waals surface area contributed by atoms with E-state index in [-0.39, 0.29) is 18.4 Å². The fraction of sp³-hybridized carbons (Fsp3) is 0.750. The Kier molecular flexibility index (Phi) is 7.97. The summed E-state index contributed by atoms with van der Waals surface area (Å²) in [5.74, 6) is -0.362. The Balaban J connectivity index is 1.69. The van der Waals surface area contributed by atoms with E-state index in [0.717, 1.165) is 25.7 Å². The van der Waals surface area contributed by atoms with Gasteiger partial charge in [-0.15, -0.1) is 0 Å². The minimum atomic E-state index is -0.362. The number of aromatic nitrogens is 1. The lowest BCUT2D eigenvalue weighted by molar-refractivity contribution is -0.142. The quantitative estimate of drug-likeness (QED) is 0.617. The molecular weight excluding hydrogens is 398 g/mol. The van der Waals surface area contributed by atoms with Crippen LogP contribution in [0.2, 0.25) is 4.34 Å². The topological polar surface area (TPSA) is 71.5 Å². The second kappa shape index (κ2) is 10.4. The van der Waals surface area contributed by atoms with E-state index in [1.807, 2.05) is 0 Å². The van der Waals surface area contributed by atoms with Gasteiger partial charge in [0.2, 0.25) is 0 Å². The van der Waals surface area contributed by atoms with Gasteiger partial charge in [0.15, 0.2) is 5.13 Å². The Morgan fingerprint density at radius 1 is 1.11 bits per heavy atom. The fourth-order valence-corrected chi connectivity index (χ4v) is 5.38. The molecule has 2 aliphatic carbocycles. The number of carbonyl (C=O) groups excluding carboxylic acids is 2. The van der Waals surface area contributed by atoms with Gasteiger partial charge in [-0.25, -0.2) is 9.78 Å². The monoisotopic (exact) mass is 427 g/mol. The molecule has 0 spiro atoms. The van der Waals surface area contributed by atoms with Gasteiger partial charge in [-0.2, -0.15) is 0 Å². The van der Waals surface area contributed by atoms with Gasteiger partial charge in [0, 0.05) is 12.1 Å². The molecule has 1 aromatic rings. The molecule has 6 nitrogen and oxygen atoms in total. The molecule has 0 radical (unpaired) electrons. The van der Waals surface area contributed by atoms with Gasteiger partial charge in [-0.3, -0.25) is 10.1 Å². The lowest BCUT2D eigenvalue weighted by Gasteiger charge is -2.41. The number of anilines is 1. The maximum Gasteiger partial charge on any atom is 0.324 e. The molecule has 156 valence electrons. The van der Waals surface area contributed by atoms with Gasteiger partial charge in [-0.1, -0.05) is 61.5 Å². The first-order valence-electron chi connectivity index (χ1n) is 10.5.